The lowest BCUT2D eigenvalue weighted by molar-refractivity contribution is 0.596. The predicted molar refractivity (Wildman–Crippen MR) is 176 cm³/mol. The molecule has 3 heteroatoms. The maximum absolute atomic E-state index is 6.60. The summed E-state index contributed by atoms with van der Waals surface area (Å²) in [5.41, 5.74) is 15.0. The maximum atomic E-state index is 6.60. The van der Waals surface area contributed by atoms with E-state index < -0.39 is 0 Å². The molecule has 0 radical (unpaired) electrons. The van der Waals surface area contributed by atoms with Crippen molar-refractivity contribution in [3.8, 4) is 22.3 Å². The zero-order chi connectivity index (χ0) is 27.3. The number of allylic oxidation sites excluding steroid dienone is 1. The first-order valence-corrected chi connectivity index (χ1v) is 14.9. The van der Waals surface area contributed by atoms with Crippen molar-refractivity contribution < 1.29 is 8.83 Å². The van der Waals surface area contributed by atoms with Crippen molar-refractivity contribution in [2.75, 3.05) is 0 Å². The standard InChI is InChI=1S/C39H23BO2/c1-20-16-27-21-10-6-12-25-35(21)29(18-33-37(25)23-8-2-4-14-31(23)41-33)40-30-19-34-38(24-9-3-5-15-32(24)42-34)26-13-7-11-22(36(26)30)28(17-20)39(27)40/h2,4-8,10-19H,3,9H2,1H3. The lowest BCUT2D eigenvalue weighted by Gasteiger charge is -2.34. The summed E-state index contributed by atoms with van der Waals surface area (Å²) in [6, 6.07) is 31.7. The molecule has 2 aliphatic heterocycles. The SMILES string of the molecule is Cc1cc2c3c(c1)-c1cccc4c1c(cc1oc5ccccc5c14)B3c1cc3oc4c(c3c3cccc-2c13)CCC=C4. The fraction of sp³-hybridized carbons (Fsp3) is 0.0769. The largest absolute Gasteiger partial charge is 0.456 e. The van der Waals surface area contributed by atoms with Crippen molar-refractivity contribution in [2.45, 2.75) is 19.8 Å². The zero-order valence-electron chi connectivity index (χ0n) is 23.0. The Morgan fingerprint density at radius 3 is 2.02 bits per heavy atom. The molecule has 4 heterocycles. The monoisotopic (exact) mass is 534 g/mol. The highest BCUT2D eigenvalue weighted by molar-refractivity contribution is 7.01. The number of hydrogen-bond donors (Lipinski definition) is 0. The molecule has 0 saturated carbocycles. The Bertz CT molecular complexity index is 2590. The first kappa shape index (κ1) is 21.7. The predicted octanol–water partition coefficient (Wildman–Crippen LogP) is 8.38. The van der Waals surface area contributed by atoms with E-state index in [-0.39, 0.29) is 6.71 Å². The van der Waals surface area contributed by atoms with Crippen LogP contribution in [0.2, 0.25) is 0 Å². The van der Waals surface area contributed by atoms with Gasteiger partial charge >= 0.3 is 0 Å². The van der Waals surface area contributed by atoms with Gasteiger partial charge in [-0.1, -0.05) is 89.2 Å². The second-order valence-electron chi connectivity index (χ2n) is 12.3. The molecule has 0 saturated heterocycles. The van der Waals surface area contributed by atoms with E-state index in [1.165, 1.54) is 87.5 Å². The van der Waals surface area contributed by atoms with Gasteiger partial charge in [-0.15, -0.1) is 0 Å². The van der Waals surface area contributed by atoms with Crippen LogP contribution in [0.5, 0.6) is 0 Å². The zero-order valence-corrected chi connectivity index (χ0v) is 23.0. The summed E-state index contributed by atoms with van der Waals surface area (Å²) >= 11 is 0. The lowest BCUT2D eigenvalue weighted by Crippen LogP contribution is -2.57. The van der Waals surface area contributed by atoms with Crippen LogP contribution in [0.15, 0.2) is 99.8 Å². The molecule has 0 spiro atoms. The van der Waals surface area contributed by atoms with Crippen LogP contribution < -0.4 is 16.4 Å². The molecule has 194 valence electrons. The Morgan fingerprint density at radius 1 is 0.595 bits per heavy atom. The molecule has 2 nitrogen and oxygen atoms in total. The molecule has 3 aliphatic rings. The van der Waals surface area contributed by atoms with Crippen molar-refractivity contribution >= 4 is 83.6 Å². The van der Waals surface area contributed by atoms with Gasteiger partial charge in [0, 0.05) is 21.7 Å². The van der Waals surface area contributed by atoms with Gasteiger partial charge in [0.25, 0.3) is 0 Å². The number of hydrogen-bond acceptors (Lipinski definition) is 2. The van der Waals surface area contributed by atoms with Crippen LogP contribution in [-0.4, -0.2) is 6.71 Å². The number of furan rings is 2. The van der Waals surface area contributed by atoms with Gasteiger partial charge in [0.05, 0.1) is 0 Å². The molecular weight excluding hydrogens is 511 g/mol. The minimum absolute atomic E-state index is 0.0880. The van der Waals surface area contributed by atoms with E-state index in [2.05, 4.69) is 104 Å². The van der Waals surface area contributed by atoms with Gasteiger partial charge in [0.15, 0.2) is 0 Å². The number of benzene rings is 6. The molecule has 42 heavy (non-hydrogen) atoms. The van der Waals surface area contributed by atoms with Crippen LogP contribution in [0.1, 0.15) is 23.3 Å². The van der Waals surface area contributed by atoms with Crippen molar-refractivity contribution in [1.82, 2.24) is 0 Å². The summed E-state index contributed by atoms with van der Waals surface area (Å²) in [5, 5.41) is 8.99. The fourth-order valence-electron chi connectivity index (χ4n) is 8.65. The highest BCUT2D eigenvalue weighted by Gasteiger charge is 2.40. The Labute approximate surface area is 241 Å². The number of fused-ring (bicyclic) bond motifs is 12. The van der Waals surface area contributed by atoms with Gasteiger partial charge in [0.1, 0.15) is 22.5 Å². The summed E-state index contributed by atoms with van der Waals surface area (Å²) in [6.45, 7) is 2.33. The molecule has 11 rings (SSSR count). The minimum Gasteiger partial charge on any atom is -0.456 e. The van der Waals surface area contributed by atoms with Gasteiger partial charge < -0.3 is 8.83 Å². The topological polar surface area (TPSA) is 26.3 Å². The van der Waals surface area contributed by atoms with Crippen molar-refractivity contribution in [3.05, 3.63) is 108 Å². The second-order valence-corrected chi connectivity index (χ2v) is 12.3. The van der Waals surface area contributed by atoms with E-state index in [9.17, 15) is 0 Å². The molecule has 8 aromatic rings. The number of aryl methyl sites for hydroxylation is 2. The Balaban J connectivity index is 1.37. The third-order valence-corrected chi connectivity index (χ3v) is 10.2. The molecule has 0 atom stereocenters. The van der Waals surface area contributed by atoms with Gasteiger partial charge in [-0.25, -0.2) is 0 Å². The Morgan fingerprint density at radius 2 is 1.26 bits per heavy atom. The van der Waals surface area contributed by atoms with Gasteiger partial charge in [-0.2, -0.15) is 0 Å². The van der Waals surface area contributed by atoms with Crippen molar-refractivity contribution in [2.24, 2.45) is 0 Å². The molecule has 0 bridgehead atoms. The fourth-order valence-corrected chi connectivity index (χ4v) is 8.65. The van der Waals surface area contributed by atoms with Crippen molar-refractivity contribution in [1.29, 1.82) is 0 Å². The van der Waals surface area contributed by atoms with Crippen LogP contribution in [0.25, 0.3) is 82.8 Å². The molecule has 0 amide bonds. The molecular formula is C39H23BO2. The molecule has 0 unspecified atom stereocenters. The lowest BCUT2D eigenvalue weighted by atomic mass is 9.31. The van der Waals surface area contributed by atoms with E-state index in [0.29, 0.717) is 0 Å². The molecule has 0 fully saturated rings. The second kappa shape index (κ2) is 7.24. The third-order valence-electron chi connectivity index (χ3n) is 10.2. The number of rotatable bonds is 0. The van der Waals surface area contributed by atoms with Gasteiger partial charge in [0.2, 0.25) is 6.71 Å². The van der Waals surface area contributed by atoms with Crippen LogP contribution in [-0.2, 0) is 6.42 Å². The summed E-state index contributed by atoms with van der Waals surface area (Å²) in [4.78, 5) is 0. The number of para-hydroxylation sites is 1. The van der Waals surface area contributed by atoms with Crippen molar-refractivity contribution in [3.63, 3.8) is 0 Å². The first-order chi connectivity index (χ1) is 20.7. The average Bonchev–Trinajstić information content (AvgIpc) is 3.59. The normalized spacial score (nSPS) is 14.5. The third kappa shape index (κ3) is 2.43. The van der Waals surface area contributed by atoms with Crippen LogP contribution in [0.3, 0.4) is 0 Å². The highest BCUT2D eigenvalue weighted by Crippen LogP contribution is 2.45. The summed E-state index contributed by atoms with van der Waals surface area (Å²) in [7, 11) is 0. The van der Waals surface area contributed by atoms with Gasteiger partial charge in [-0.05, 0) is 93.4 Å². The Kier molecular flexibility index (Phi) is 3.74. The van der Waals surface area contributed by atoms with E-state index >= 15 is 0 Å². The minimum atomic E-state index is 0.0880. The van der Waals surface area contributed by atoms with E-state index in [1.54, 1.807) is 0 Å². The summed E-state index contributed by atoms with van der Waals surface area (Å²) in [6.07, 6.45) is 6.49. The molecule has 2 aromatic heterocycles. The molecule has 6 aromatic carbocycles. The van der Waals surface area contributed by atoms with E-state index in [4.69, 9.17) is 8.83 Å². The maximum Gasteiger partial charge on any atom is 0.244 e. The van der Waals surface area contributed by atoms with E-state index in [0.717, 1.165) is 35.4 Å². The highest BCUT2D eigenvalue weighted by atomic mass is 16.3. The average molecular weight is 534 g/mol. The summed E-state index contributed by atoms with van der Waals surface area (Å²) < 4.78 is 13.2. The quantitative estimate of drug-likeness (QED) is 0.183. The summed E-state index contributed by atoms with van der Waals surface area (Å²) in [5.74, 6) is 1.02. The smallest absolute Gasteiger partial charge is 0.244 e. The van der Waals surface area contributed by atoms with Crippen LogP contribution in [0, 0.1) is 6.92 Å². The molecule has 0 N–H and O–H groups in total. The van der Waals surface area contributed by atoms with Crippen LogP contribution in [0.4, 0.5) is 0 Å². The first-order valence-electron chi connectivity index (χ1n) is 14.9. The molecule has 1 aliphatic carbocycles. The van der Waals surface area contributed by atoms with E-state index in [1.807, 2.05) is 0 Å². The van der Waals surface area contributed by atoms with Gasteiger partial charge in [-0.3, -0.25) is 0 Å². The Hall–Kier alpha value is -5.02. The van der Waals surface area contributed by atoms with Crippen LogP contribution >= 0.6 is 0 Å².